The van der Waals surface area contributed by atoms with Gasteiger partial charge in [0.2, 0.25) is 0 Å². The van der Waals surface area contributed by atoms with Crippen LogP contribution in [-0.4, -0.2) is 53.7 Å². The summed E-state index contributed by atoms with van der Waals surface area (Å²) < 4.78 is 0. The number of carbonyl (C=O) groups is 1. The Morgan fingerprint density at radius 3 is 2.58 bits per heavy atom. The maximum absolute atomic E-state index is 12.1. The molecule has 1 unspecified atom stereocenters. The molecular formula is C19H31N3O2. The normalized spacial score (nSPS) is 17.5. The zero-order chi connectivity index (χ0) is 17.5. The van der Waals surface area contributed by atoms with Crippen LogP contribution in [0.2, 0.25) is 0 Å². The van der Waals surface area contributed by atoms with Crippen molar-refractivity contribution in [2.75, 3.05) is 26.7 Å². The van der Waals surface area contributed by atoms with Crippen LogP contribution in [0, 0.1) is 5.92 Å². The fourth-order valence-corrected chi connectivity index (χ4v) is 2.96. The third-order valence-electron chi connectivity index (χ3n) is 5.06. The molecule has 5 nitrogen and oxygen atoms in total. The van der Waals surface area contributed by atoms with Crippen LogP contribution in [-0.2, 0) is 13.1 Å². The summed E-state index contributed by atoms with van der Waals surface area (Å²) in [6.07, 6.45) is 2.53. The number of hydrogen-bond acceptors (Lipinski definition) is 3. The van der Waals surface area contributed by atoms with Crippen LogP contribution < -0.4 is 5.32 Å². The second-order valence-electron chi connectivity index (χ2n) is 7.03. The van der Waals surface area contributed by atoms with Gasteiger partial charge in [0, 0.05) is 20.1 Å². The topological polar surface area (TPSA) is 55.8 Å². The van der Waals surface area contributed by atoms with E-state index in [-0.39, 0.29) is 18.7 Å². The summed E-state index contributed by atoms with van der Waals surface area (Å²) >= 11 is 0. The predicted octanol–water partition coefficient (Wildman–Crippen LogP) is 2.44. The highest BCUT2D eigenvalue weighted by Crippen LogP contribution is 2.19. The maximum atomic E-state index is 12.1. The molecule has 1 atom stereocenters. The Hall–Kier alpha value is -1.59. The van der Waals surface area contributed by atoms with E-state index in [1.165, 1.54) is 23.3 Å². The van der Waals surface area contributed by atoms with Crippen molar-refractivity contribution in [1.82, 2.24) is 15.1 Å². The van der Waals surface area contributed by atoms with Crippen LogP contribution >= 0.6 is 0 Å². The first-order valence-corrected chi connectivity index (χ1v) is 8.92. The van der Waals surface area contributed by atoms with Gasteiger partial charge >= 0.3 is 6.03 Å². The lowest BCUT2D eigenvalue weighted by Crippen LogP contribution is -2.43. The maximum Gasteiger partial charge on any atom is 0.317 e. The molecule has 2 rings (SSSR count). The van der Waals surface area contributed by atoms with E-state index < -0.39 is 0 Å². The van der Waals surface area contributed by atoms with Gasteiger partial charge in [0.05, 0.1) is 12.6 Å². The number of piperidine rings is 1. The fourth-order valence-electron chi connectivity index (χ4n) is 2.96. The highest BCUT2D eigenvalue weighted by atomic mass is 16.3. The summed E-state index contributed by atoms with van der Waals surface area (Å²) in [5.41, 5.74) is 2.44. The molecule has 0 bridgehead atoms. The molecule has 2 N–H and O–H groups in total. The second kappa shape index (κ2) is 9.04. The minimum Gasteiger partial charge on any atom is -0.394 e. The summed E-state index contributed by atoms with van der Waals surface area (Å²) in [5.74, 6) is 0.833. The number of urea groups is 1. The van der Waals surface area contributed by atoms with Gasteiger partial charge in [0.15, 0.2) is 0 Å². The standard InChI is InChI=1S/C19H31N3O2/c1-15-8-10-22(11-9-15)13-18-7-5-4-6-17(18)12-20-19(24)21(3)16(2)14-23/h4-7,15-16,23H,8-14H2,1-3H3,(H,20,24). The highest BCUT2D eigenvalue weighted by Gasteiger charge is 2.18. The summed E-state index contributed by atoms with van der Waals surface area (Å²) in [6, 6.07) is 7.97. The summed E-state index contributed by atoms with van der Waals surface area (Å²) in [6.45, 7) is 7.88. The van der Waals surface area contributed by atoms with Gasteiger partial charge < -0.3 is 15.3 Å². The Morgan fingerprint density at radius 2 is 1.96 bits per heavy atom. The molecule has 0 aromatic heterocycles. The smallest absolute Gasteiger partial charge is 0.317 e. The average Bonchev–Trinajstić information content (AvgIpc) is 2.61. The fraction of sp³-hybridized carbons (Fsp3) is 0.632. The molecule has 0 aliphatic carbocycles. The van der Waals surface area contributed by atoms with Crippen molar-refractivity contribution in [2.24, 2.45) is 5.92 Å². The third-order valence-corrected chi connectivity index (χ3v) is 5.06. The number of nitrogens with one attached hydrogen (secondary N) is 1. The molecule has 0 radical (unpaired) electrons. The van der Waals surface area contributed by atoms with Crippen LogP contribution in [0.5, 0.6) is 0 Å². The minimum atomic E-state index is -0.185. The van der Waals surface area contributed by atoms with E-state index in [1.807, 2.05) is 13.0 Å². The van der Waals surface area contributed by atoms with Crippen LogP contribution in [0.1, 0.15) is 37.8 Å². The van der Waals surface area contributed by atoms with E-state index in [4.69, 9.17) is 5.11 Å². The number of benzene rings is 1. The monoisotopic (exact) mass is 333 g/mol. The number of rotatable bonds is 6. The van der Waals surface area contributed by atoms with Crippen molar-refractivity contribution in [3.05, 3.63) is 35.4 Å². The number of aliphatic hydroxyl groups is 1. The molecule has 1 aliphatic heterocycles. The Balaban J connectivity index is 1.92. The molecule has 5 heteroatoms. The quantitative estimate of drug-likeness (QED) is 0.841. The van der Waals surface area contributed by atoms with Gasteiger partial charge in [-0.2, -0.15) is 0 Å². The average molecular weight is 333 g/mol. The molecule has 1 aromatic rings. The molecule has 1 heterocycles. The van der Waals surface area contributed by atoms with E-state index in [9.17, 15) is 4.79 Å². The minimum absolute atomic E-state index is 0.0338. The summed E-state index contributed by atoms with van der Waals surface area (Å²) in [4.78, 5) is 16.2. The molecule has 0 spiro atoms. The van der Waals surface area contributed by atoms with Crippen molar-refractivity contribution >= 4 is 6.03 Å². The number of likely N-dealkylation sites (N-methyl/N-ethyl adjacent to an activating group) is 1. The number of hydrogen-bond donors (Lipinski definition) is 2. The Labute approximate surface area is 145 Å². The first-order valence-electron chi connectivity index (χ1n) is 8.92. The number of aliphatic hydroxyl groups excluding tert-OH is 1. The van der Waals surface area contributed by atoms with Crippen LogP contribution in [0.4, 0.5) is 4.79 Å². The number of nitrogens with zero attached hydrogens (tertiary/aromatic N) is 2. The lowest BCUT2D eigenvalue weighted by atomic mass is 9.98. The van der Waals surface area contributed by atoms with Crippen molar-refractivity contribution in [2.45, 2.75) is 45.8 Å². The Bertz CT molecular complexity index is 527. The molecule has 0 saturated carbocycles. The summed E-state index contributed by atoms with van der Waals surface area (Å²) in [7, 11) is 1.71. The molecule has 1 saturated heterocycles. The van der Waals surface area contributed by atoms with Crippen LogP contribution in [0.25, 0.3) is 0 Å². The number of carbonyl (C=O) groups excluding carboxylic acids is 1. The van der Waals surface area contributed by atoms with E-state index in [0.717, 1.165) is 31.1 Å². The zero-order valence-corrected chi connectivity index (χ0v) is 15.2. The van der Waals surface area contributed by atoms with Crippen molar-refractivity contribution < 1.29 is 9.90 Å². The Morgan fingerprint density at radius 1 is 1.33 bits per heavy atom. The van der Waals surface area contributed by atoms with E-state index >= 15 is 0 Å². The molecular weight excluding hydrogens is 302 g/mol. The van der Waals surface area contributed by atoms with Gasteiger partial charge in [-0.25, -0.2) is 4.79 Å². The molecule has 2 amide bonds. The van der Waals surface area contributed by atoms with Gasteiger partial charge in [0.25, 0.3) is 0 Å². The third kappa shape index (κ3) is 5.21. The van der Waals surface area contributed by atoms with Gasteiger partial charge in [-0.05, 0) is 49.9 Å². The Kier molecular flexibility index (Phi) is 7.06. The van der Waals surface area contributed by atoms with Crippen molar-refractivity contribution in [3.8, 4) is 0 Å². The predicted molar refractivity (Wildman–Crippen MR) is 96.7 cm³/mol. The van der Waals surface area contributed by atoms with E-state index in [2.05, 4.69) is 35.3 Å². The molecule has 134 valence electrons. The first kappa shape index (κ1) is 18.7. The summed E-state index contributed by atoms with van der Waals surface area (Å²) in [5, 5.41) is 12.1. The molecule has 24 heavy (non-hydrogen) atoms. The zero-order valence-electron chi connectivity index (χ0n) is 15.2. The van der Waals surface area contributed by atoms with Crippen molar-refractivity contribution in [1.29, 1.82) is 0 Å². The first-order chi connectivity index (χ1) is 11.5. The van der Waals surface area contributed by atoms with Crippen molar-refractivity contribution in [3.63, 3.8) is 0 Å². The van der Waals surface area contributed by atoms with E-state index in [1.54, 1.807) is 7.05 Å². The lowest BCUT2D eigenvalue weighted by Gasteiger charge is -2.30. The highest BCUT2D eigenvalue weighted by molar-refractivity contribution is 5.74. The van der Waals surface area contributed by atoms with E-state index in [0.29, 0.717) is 6.54 Å². The number of likely N-dealkylation sites (tertiary alicyclic amines) is 1. The molecule has 1 aromatic carbocycles. The van der Waals surface area contributed by atoms with Gasteiger partial charge in [0.1, 0.15) is 0 Å². The SMILES string of the molecule is CC1CCN(Cc2ccccc2CNC(=O)N(C)C(C)CO)CC1. The second-order valence-corrected chi connectivity index (χ2v) is 7.03. The van der Waals surface area contributed by atoms with Crippen LogP contribution in [0.3, 0.4) is 0 Å². The largest absolute Gasteiger partial charge is 0.394 e. The lowest BCUT2D eigenvalue weighted by molar-refractivity contribution is 0.157. The van der Waals surface area contributed by atoms with Gasteiger partial charge in [-0.1, -0.05) is 31.2 Å². The number of amides is 2. The molecule has 1 fully saturated rings. The van der Waals surface area contributed by atoms with Crippen LogP contribution in [0.15, 0.2) is 24.3 Å². The van der Waals surface area contributed by atoms with Gasteiger partial charge in [-0.3, -0.25) is 4.90 Å². The van der Waals surface area contributed by atoms with Gasteiger partial charge in [-0.15, -0.1) is 0 Å². The molecule has 1 aliphatic rings.